The minimum atomic E-state index is -4.36. The van der Waals surface area contributed by atoms with Crippen LogP contribution in [0, 0.1) is 0 Å². The van der Waals surface area contributed by atoms with Crippen LogP contribution in [0.4, 0.5) is 0 Å². The predicted molar refractivity (Wildman–Crippen MR) is 38.8 cm³/mol. The van der Waals surface area contributed by atoms with Gasteiger partial charge in [-0.3, -0.25) is 4.52 Å². The Balaban J connectivity index is 3.66. The van der Waals surface area contributed by atoms with Crippen molar-refractivity contribution in [2.75, 3.05) is 13.2 Å². The van der Waals surface area contributed by atoms with Gasteiger partial charge in [-0.15, -0.1) is 0 Å². The molecule has 0 aliphatic rings. The van der Waals surface area contributed by atoms with Gasteiger partial charge in [-0.1, -0.05) is 6.08 Å². The van der Waals surface area contributed by atoms with Crippen LogP contribution in [-0.2, 0) is 9.09 Å². The summed E-state index contributed by atoms with van der Waals surface area (Å²) in [5.74, 6) is 0. The van der Waals surface area contributed by atoms with E-state index in [9.17, 15) is 4.57 Å². The van der Waals surface area contributed by atoms with Crippen molar-refractivity contribution < 1.29 is 24.0 Å². The summed E-state index contributed by atoms with van der Waals surface area (Å²) in [4.78, 5) is 16.4. The average molecular weight is 182 g/mol. The van der Waals surface area contributed by atoms with Crippen LogP contribution in [0.1, 0.15) is 6.92 Å². The lowest BCUT2D eigenvalue weighted by Crippen LogP contribution is -1.91. The highest BCUT2D eigenvalue weighted by molar-refractivity contribution is 7.46. The molecule has 0 aromatic rings. The van der Waals surface area contributed by atoms with Crippen LogP contribution in [0.3, 0.4) is 0 Å². The van der Waals surface area contributed by atoms with Gasteiger partial charge in [0.05, 0.1) is 13.2 Å². The lowest BCUT2D eigenvalue weighted by molar-refractivity contribution is 0.214. The molecule has 0 amide bonds. The molecule has 66 valence electrons. The highest BCUT2D eigenvalue weighted by Gasteiger charge is 2.11. The molecular formula is C5H11O5P. The summed E-state index contributed by atoms with van der Waals surface area (Å²) in [6.45, 7) is 1.31. The minimum absolute atomic E-state index is 0.134. The van der Waals surface area contributed by atoms with E-state index >= 15 is 0 Å². The van der Waals surface area contributed by atoms with Crippen molar-refractivity contribution in [2.45, 2.75) is 6.92 Å². The normalized spacial score (nSPS) is 13.6. The second-order valence-electron chi connectivity index (χ2n) is 1.99. The minimum Gasteiger partial charge on any atom is -0.392 e. The number of phosphoric ester groups is 1. The Bertz CT molecular complexity index is 181. The molecular weight excluding hydrogens is 171 g/mol. The van der Waals surface area contributed by atoms with Gasteiger partial charge in [-0.05, 0) is 12.5 Å². The third kappa shape index (κ3) is 7.71. The van der Waals surface area contributed by atoms with E-state index in [1.165, 1.54) is 6.08 Å². The van der Waals surface area contributed by atoms with Crippen LogP contribution >= 0.6 is 7.82 Å². The third-order valence-corrected chi connectivity index (χ3v) is 1.41. The molecule has 0 aliphatic heterocycles. The Morgan fingerprint density at radius 3 is 2.55 bits per heavy atom. The van der Waals surface area contributed by atoms with Crippen molar-refractivity contribution >= 4 is 7.82 Å². The molecule has 0 atom stereocenters. The lowest BCUT2D eigenvalue weighted by Gasteiger charge is -2.01. The summed E-state index contributed by atoms with van der Waals surface area (Å²) < 4.78 is 14.2. The van der Waals surface area contributed by atoms with E-state index in [0.717, 1.165) is 0 Å². The quantitative estimate of drug-likeness (QED) is 0.422. The van der Waals surface area contributed by atoms with E-state index in [1.54, 1.807) is 6.92 Å². The number of phosphoric acid groups is 1. The van der Waals surface area contributed by atoms with Crippen LogP contribution < -0.4 is 0 Å². The van der Waals surface area contributed by atoms with E-state index in [-0.39, 0.29) is 13.2 Å². The maximum absolute atomic E-state index is 10.1. The van der Waals surface area contributed by atoms with Gasteiger partial charge >= 0.3 is 7.82 Å². The summed E-state index contributed by atoms with van der Waals surface area (Å²) in [5, 5.41) is 8.45. The Kier molecular flexibility index (Phi) is 4.56. The summed E-state index contributed by atoms with van der Waals surface area (Å²) in [6, 6.07) is 0. The molecule has 0 saturated heterocycles. The van der Waals surface area contributed by atoms with Crippen LogP contribution in [0.15, 0.2) is 11.6 Å². The first kappa shape index (κ1) is 10.8. The smallest absolute Gasteiger partial charge is 0.392 e. The zero-order valence-electron chi connectivity index (χ0n) is 6.10. The zero-order valence-corrected chi connectivity index (χ0v) is 6.99. The SMILES string of the molecule is C/C(=C\COP(=O)(O)O)CO. The highest BCUT2D eigenvalue weighted by atomic mass is 31.2. The van der Waals surface area contributed by atoms with Crippen molar-refractivity contribution in [1.82, 2.24) is 0 Å². The van der Waals surface area contributed by atoms with Crippen LogP contribution in [-0.4, -0.2) is 28.1 Å². The Morgan fingerprint density at radius 2 is 2.18 bits per heavy atom. The van der Waals surface area contributed by atoms with Crippen molar-refractivity contribution in [1.29, 1.82) is 0 Å². The molecule has 0 unspecified atom stereocenters. The molecule has 0 rings (SSSR count). The molecule has 0 aromatic carbocycles. The standard InChI is InChI=1S/C5H11O5P/c1-5(4-6)2-3-10-11(7,8)9/h2,6H,3-4H2,1H3,(H2,7,8,9)/b5-2+. The number of aliphatic hydroxyl groups is 1. The van der Waals surface area contributed by atoms with Crippen LogP contribution in [0.5, 0.6) is 0 Å². The van der Waals surface area contributed by atoms with E-state index in [4.69, 9.17) is 14.9 Å². The van der Waals surface area contributed by atoms with Crippen LogP contribution in [0.25, 0.3) is 0 Å². The maximum Gasteiger partial charge on any atom is 0.469 e. The summed E-state index contributed by atoms with van der Waals surface area (Å²) in [6.07, 6.45) is 1.40. The lowest BCUT2D eigenvalue weighted by atomic mass is 10.3. The Labute approximate surface area is 64.6 Å². The average Bonchev–Trinajstić information content (AvgIpc) is 1.85. The first-order valence-electron chi connectivity index (χ1n) is 2.92. The zero-order chi connectivity index (χ0) is 8.91. The molecule has 5 nitrogen and oxygen atoms in total. The summed E-state index contributed by atoms with van der Waals surface area (Å²) in [7, 11) is -4.36. The molecule has 0 spiro atoms. The first-order valence-corrected chi connectivity index (χ1v) is 4.45. The van der Waals surface area contributed by atoms with E-state index in [1.807, 2.05) is 0 Å². The van der Waals surface area contributed by atoms with Crippen molar-refractivity contribution in [3.05, 3.63) is 11.6 Å². The van der Waals surface area contributed by atoms with Gasteiger partial charge in [0.1, 0.15) is 0 Å². The van der Waals surface area contributed by atoms with Gasteiger partial charge in [0, 0.05) is 0 Å². The molecule has 11 heavy (non-hydrogen) atoms. The molecule has 0 bridgehead atoms. The number of aliphatic hydroxyl groups excluding tert-OH is 1. The second kappa shape index (κ2) is 4.64. The first-order chi connectivity index (χ1) is 4.95. The van der Waals surface area contributed by atoms with Gasteiger partial charge < -0.3 is 14.9 Å². The van der Waals surface area contributed by atoms with Gasteiger partial charge in [0.15, 0.2) is 0 Å². The van der Waals surface area contributed by atoms with Crippen LogP contribution in [0.2, 0.25) is 0 Å². The number of rotatable bonds is 4. The van der Waals surface area contributed by atoms with Gasteiger partial charge in [0.2, 0.25) is 0 Å². The third-order valence-electron chi connectivity index (χ3n) is 0.924. The fourth-order valence-corrected chi connectivity index (χ4v) is 0.610. The maximum atomic E-state index is 10.1. The van der Waals surface area contributed by atoms with Crippen molar-refractivity contribution in [2.24, 2.45) is 0 Å². The fourth-order valence-electron chi connectivity index (χ4n) is 0.341. The van der Waals surface area contributed by atoms with E-state index < -0.39 is 7.82 Å². The second-order valence-corrected chi connectivity index (χ2v) is 3.23. The Hall–Kier alpha value is -0.190. The summed E-state index contributed by atoms with van der Waals surface area (Å²) >= 11 is 0. The molecule has 0 aromatic heterocycles. The summed E-state index contributed by atoms with van der Waals surface area (Å²) in [5.41, 5.74) is 0.610. The molecule has 6 heteroatoms. The molecule has 0 heterocycles. The Morgan fingerprint density at radius 1 is 1.64 bits per heavy atom. The molecule has 0 fully saturated rings. The largest absolute Gasteiger partial charge is 0.469 e. The van der Waals surface area contributed by atoms with Gasteiger partial charge in [0.25, 0.3) is 0 Å². The van der Waals surface area contributed by atoms with Gasteiger partial charge in [-0.25, -0.2) is 4.57 Å². The number of hydrogen-bond acceptors (Lipinski definition) is 3. The van der Waals surface area contributed by atoms with E-state index in [2.05, 4.69) is 4.52 Å². The van der Waals surface area contributed by atoms with Gasteiger partial charge in [-0.2, -0.15) is 0 Å². The van der Waals surface area contributed by atoms with E-state index in [0.29, 0.717) is 5.57 Å². The highest BCUT2D eigenvalue weighted by Crippen LogP contribution is 2.35. The molecule has 0 saturated carbocycles. The number of hydrogen-bond donors (Lipinski definition) is 3. The van der Waals surface area contributed by atoms with Crippen molar-refractivity contribution in [3.63, 3.8) is 0 Å². The molecule has 3 N–H and O–H groups in total. The van der Waals surface area contributed by atoms with Crippen molar-refractivity contribution in [3.8, 4) is 0 Å². The molecule has 0 radical (unpaired) electrons. The monoisotopic (exact) mass is 182 g/mol. The topological polar surface area (TPSA) is 87.0 Å². The fraction of sp³-hybridized carbons (Fsp3) is 0.600. The predicted octanol–water partition coefficient (Wildman–Crippen LogP) is 0.0343. The molecule has 0 aliphatic carbocycles.